The SMILES string of the molecule is COC(OC)(c1ccc(-c2ccccc2)c(CC(=O)SC)c1)C(C)Br. The van der Waals surface area contributed by atoms with Gasteiger partial charge in [0.25, 0.3) is 0 Å². The molecule has 0 aromatic heterocycles. The summed E-state index contributed by atoms with van der Waals surface area (Å²) in [6.07, 6.45) is 2.17. The van der Waals surface area contributed by atoms with Crippen molar-refractivity contribution in [2.24, 2.45) is 0 Å². The lowest BCUT2D eigenvalue weighted by Crippen LogP contribution is -2.38. The molecule has 3 nitrogen and oxygen atoms in total. The van der Waals surface area contributed by atoms with E-state index in [1.165, 1.54) is 11.8 Å². The zero-order valence-electron chi connectivity index (χ0n) is 14.9. The summed E-state index contributed by atoms with van der Waals surface area (Å²) in [4.78, 5) is 12.0. The van der Waals surface area contributed by atoms with Crippen molar-refractivity contribution in [3.05, 3.63) is 59.7 Å². The van der Waals surface area contributed by atoms with Crippen LogP contribution in [0.1, 0.15) is 18.1 Å². The Hall–Kier alpha value is -1.14. The lowest BCUT2D eigenvalue weighted by Gasteiger charge is -2.34. The lowest BCUT2D eigenvalue weighted by molar-refractivity contribution is -0.212. The van der Waals surface area contributed by atoms with Gasteiger partial charge in [0.15, 0.2) is 5.12 Å². The quantitative estimate of drug-likeness (QED) is 0.463. The molecule has 0 spiro atoms. The predicted octanol–water partition coefficient (Wildman–Crippen LogP) is 5.01. The van der Waals surface area contributed by atoms with Gasteiger partial charge in [0.2, 0.25) is 5.79 Å². The highest BCUT2D eigenvalue weighted by Gasteiger charge is 2.37. The molecule has 0 heterocycles. The van der Waals surface area contributed by atoms with Crippen LogP contribution in [0.4, 0.5) is 0 Å². The van der Waals surface area contributed by atoms with Crippen LogP contribution in [0.3, 0.4) is 0 Å². The second kappa shape index (κ2) is 8.99. The zero-order valence-corrected chi connectivity index (χ0v) is 17.3. The van der Waals surface area contributed by atoms with Gasteiger partial charge in [-0.15, -0.1) is 0 Å². The number of benzene rings is 2. The monoisotopic (exact) mass is 422 g/mol. The lowest BCUT2D eigenvalue weighted by atomic mass is 9.92. The number of carbonyl (C=O) groups excluding carboxylic acids is 1. The Balaban J connectivity index is 2.59. The van der Waals surface area contributed by atoms with E-state index in [2.05, 4.69) is 28.1 Å². The van der Waals surface area contributed by atoms with Crippen LogP contribution in [-0.2, 0) is 26.5 Å². The summed E-state index contributed by atoms with van der Waals surface area (Å²) in [6, 6.07) is 16.1. The maximum Gasteiger partial charge on any atom is 0.206 e. The van der Waals surface area contributed by atoms with E-state index in [9.17, 15) is 4.79 Å². The van der Waals surface area contributed by atoms with Crippen molar-refractivity contribution >= 4 is 32.8 Å². The van der Waals surface area contributed by atoms with Crippen LogP contribution < -0.4 is 0 Å². The van der Waals surface area contributed by atoms with E-state index in [0.717, 1.165) is 22.3 Å². The van der Waals surface area contributed by atoms with Crippen LogP contribution in [0.15, 0.2) is 48.5 Å². The van der Waals surface area contributed by atoms with Crippen molar-refractivity contribution in [2.45, 2.75) is 24.0 Å². The molecular weight excluding hydrogens is 400 g/mol. The van der Waals surface area contributed by atoms with Crippen molar-refractivity contribution in [1.29, 1.82) is 0 Å². The van der Waals surface area contributed by atoms with Gasteiger partial charge >= 0.3 is 0 Å². The number of hydrogen-bond acceptors (Lipinski definition) is 4. The van der Waals surface area contributed by atoms with E-state index >= 15 is 0 Å². The molecule has 0 aliphatic heterocycles. The van der Waals surface area contributed by atoms with E-state index in [1.54, 1.807) is 14.2 Å². The Morgan fingerprint density at radius 2 is 1.80 bits per heavy atom. The molecule has 0 saturated heterocycles. The topological polar surface area (TPSA) is 35.5 Å². The van der Waals surface area contributed by atoms with Crippen LogP contribution in [0, 0.1) is 0 Å². The molecule has 2 aromatic rings. The summed E-state index contributed by atoms with van der Waals surface area (Å²) in [7, 11) is 3.25. The fourth-order valence-corrected chi connectivity index (χ4v) is 3.90. The molecule has 0 amide bonds. The number of rotatable bonds is 7. The fourth-order valence-electron chi connectivity index (χ4n) is 2.96. The molecule has 5 heteroatoms. The number of carbonyl (C=O) groups is 1. The van der Waals surface area contributed by atoms with Crippen LogP contribution in [-0.4, -0.2) is 30.4 Å². The van der Waals surface area contributed by atoms with Gasteiger partial charge in [-0.05, 0) is 35.9 Å². The minimum absolute atomic E-state index is 0.0679. The maximum atomic E-state index is 12.1. The van der Waals surface area contributed by atoms with Crippen LogP contribution >= 0.6 is 27.7 Å². The third-order valence-electron chi connectivity index (χ3n) is 4.29. The van der Waals surface area contributed by atoms with Gasteiger partial charge < -0.3 is 9.47 Å². The molecule has 1 atom stereocenters. The molecule has 2 rings (SSSR count). The van der Waals surface area contributed by atoms with Crippen LogP contribution in [0.25, 0.3) is 11.1 Å². The van der Waals surface area contributed by atoms with E-state index in [0.29, 0.717) is 6.42 Å². The summed E-state index contributed by atoms with van der Waals surface area (Å²) < 4.78 is 11.4. The first-order valence-corrected chi connectivity index (χ1v) is 10.1. The van der Waals surface area contributed by atoms with E-state index in [-0.39, 0.29) is 9.94 Å². The molecule has 25 heavy (non-hydrogen) atoms. The molecule has 2 aromatic carbocycles. The minimum atomic E-state index is -0.910. The molecule has 0 N–H and O–H groups in total. The van der Waals surface area contributed by atoms with Crippen molar-refractivity contribution in [2.75, 3.05) is 20.5 Å². The Morgan fingerprint density at radius 3 is 2.32 bits per heavy atom. The Kier molecular flexibility index (Phi) is 7.25. The first-order chi connectivity index (χ1) is 12.0. The highest BCUT2D eigenvalue weighted by atomic mass is 79.9. The van der Waals surface area contributed by atoms with E-state index in [4.69, 9.17) is 9.47 Å². The highest BCUT2D eigenvalue weighted by molar-refractivity contribution is 9.09. The number of thioether (sulfide) groups is 1. The first-order valence-electron chi connectivity index (χ1n) is 7.98. The van der Waals surface area contributed by atoms with Gasteiger partial charge in [-0.2, -0.15) is 0 Å². The molecule has 0 fully saturated rings. The van der Waals surface area contributed by atoms with Crippen molar-refractivity contribution in [1.82, 2.24) is 0 Å². The molecule has 0 saturated carbocycles. The normalized spacial score (nSPS) is 12.8. The summed E-state index contributed by atoms with van der Waals surface area (Å²) in [5.74, 6) is -0.910. The Morgan fingerprint density at radius 1 is 1.16 bits per heavy atom. The second-order valence-electron chi connectivity index (χ2n) is 5.68. The number of alkyl halides is 1. The molecule has 134 valence electrons. The predicted molar refractivity (Wildman–Crippen MR) is 108 cm³/mol. The molecule has 0 bridgehead atoms. The standard InChI is InChI=1S/C20H23BrO3S/c1-14(21)20(23-2,24-3)17-10-11-18(15-8-6-5-7-9-15)16(12-17)13-19(22)25-4/h5-12,14H,13H2,1-4H3. The summed E-state index contributed by atoms with van der Waals surface area (Å²) in [5.41, 5.74) is 3.99. The fraction of sp³-hybridized carbons (Fsp3) is 0.350. The third-order valence-corrected chi connectivity index (χ3v) is 5.49. The van der Waals surface area contributed by atoms with Crippen molar-refractivity contribution in [3.8, 4) is 11.1 Å². The summed E-state index contributed by atoms with van der Waals surface area (Å²) >= 11 is 4.83. The number of methoxy groups -OCH3 is 2. The molecule has 0 radical (unpaired) electrons. The third kappa shape index (κ3) is 4.34. The number of hydrogen-bond donors (Lipinski definition) is 0. The summed E-state index contributed by atoms with van der Waals surface area (Å²) in [6.45, 7) is 1.98. The van der Waals surface area contributed by atoms with Gasteiger partial charge in [-0.1, -0.05) is 70.2 Å². The summed E-state index contributed by atoms with van der Waals surface area (Å²) in [5, 5.41) is 0.127. The van der Waals surface area contributed by atoms with Gasteiger partial charge in [-0.25, -0.2) is 0 Å². The largest absolute Gasteiger partial charge is 0.348 e. The molecule has 1 unspecified atom stereocenters. The van der Waals surface area contributed by atoms with Crippen molar-refractivity contribution in [3.63, 3.8) is 0 Å². The molecular formula is C20H23BrO3S. The van der Waals surface area contributed by atoms with Crippen LogP contribution in [0.5, 0.6) is 0 Å². The average Bonchev–Trinajstić information content (AvgIpc) is 2.64. The Labute approximate surface area is 162 Å². The second-order valence-corrected chi connectivity index (χ2v) is 7.92. The minimum Gasteiger partial charge on any atom is -0.348 e. The van der Waals surface area contributed by atoms with Gasteiger partial charge in [0.05, 0.1) is 4.83 Å². The van der Waals surface area contributed by atoms with Crippen molar-refractivity contribution < 1.29 is 14.3 Å². The Bertz CT molecular complexity index is 712. The van der Waals surface area contributed by atoms with Gasteiger partial charge in [0, 0.05) is 26.2 Å². The van der Waals surface area contributed by atoms with Gasteiger partial charge in [-0.3, -0.25) is 4.79 Å². The number of ether oxygens (including phenoxy) is 2. The molecule has 0 aliphatic rings. The zero-order chi connectivity index (χ0) is 18.4. The van der Waals surface area contributed by atoms with E-state index < -0.39 is 5.79 Å². The highest BCUT2D eigenvalue weighted by Crippen LogP contribution is 2.37. The first kappa shape index (κ1) is 20.2. The van der Waals surface area contributed by atoms with Gasteiger partial charge in [0.1, 0.15) is 0 Å². The van der Waals surface area contributed by atoms with E-state index in [1.807, 2.05) is 49.6 Å². The molecule has 0 aliphatic carbocycles. The maximum absolute atomic E-state index is 12.1. The average molecular weight is 423 g/mol. The number of halogens is 1. The van der Waals surface area contributed by atoms with Crippen LogP contribution in [0.2, 0.25) is 0 Å². The smallest absolute Gasteiger partial charge is 0.206 e.